The second kappa shape index (κ2) is 15.8. The summed E-state index contributed by atoms with van der Waals surface area (Å²) < 4.78 is 0. The van der Waals surface area contributed by atoms with Gasteiger partial charge in [-0.1, -0.05) is 13.8 Å². The fourth-order valence-electron chi connectivity index (χ4n) is 2.63. The number of nitrogens with zero attached hydrogens (tertiary/aromatic N) is 1. The Kier molecular flexibility index (Phi) is 14.4. The average molecular weight is 459 g/mol. The van der Waals surface area contributed by atoms with Gasteiger partial charge in [0.2, 0.25) is 17.7 Å². The highest BCUT2D eigenvalue weighted by molar-refractivity contribution is 5.92. The Bertz CT molecular complexity index is 652. The number of rotatable bonds is 16. The van der Waals surface area contributed by atoms with E-state index in [0.29, 0.717) is 25.8 Å². The van der Waals surface area contributed by atoms with Crippen LogP contribution in [0, 0.1) is 5.92 Å². The predicted molar refractivity (Wildman–Crippen MR) is 120 cm³/mol. The SMILES string of the molecule is CC(C)C(N)C(=O)NCC(=O)NC(CCCN=C(N)N)C(=O)NC(CCCCN)C(=O)O. The molecule has 0 saturated carbocycles. The third-order valence-corrected chi connectivity index (χ3v) is 4.60. The molecule has 0 aromatic carbocycles. The van der Waals surface area contributed by atoms with E-state index in [1.165, 1.54) is 0 Å². The Morgan fingerprint density at radius 1 is 0.938 bits per heavy atom. The molecule has 3 atom stereocenters. The molecule has 13 heteroatoms. The van der Waals surface area contributed by atoms with Crippen molar-refractivity contribution in [2.24, 2.45) is 33.8 Å². The van der Waals surface area contributed by atoms with Crippen molar-refractivity contribution in [2.45, 2.75) is 64.1 Å². The van der Waals surface area contributed by atoms with Crippen LogP contribution in [0.3, 0.4) is 0 Å². The molecule has 0 aliphatic rings. The zero-order chi connectivity index (χ0) is 24.7. The van der Waals surface area contributed by atoms with E-state index in [1.807, 2.05) is 0 Å². The standard InChI is InChI=1S/C19H38N8O5/c1-11(2)15(21)17(30)25-10-14(28)26-12(7-5-9-24-19(22)23)16(29)27-13(18(31)32)6-3-4-8-20/h11-13,15H,3-10,20-21H2,1-2H3,(H,25,30)(H,26,28)(H,27,29)(H,31,32)(H4,22,23,24). The Morgan fingerprint density at radius 3 is 2.09 bits per heavy atom. The molecule has 3 unspecified atom stereocenters. The third-order valence-electron chi connectivity index (χ3n) is 4.60. The number of carbonyl (C=O) groups is 4. The van der Waals surface area contributed by atoms with Gasteiger partial charge in [0.15, 0.2) is 5.96 Å². The number of nitrogens with one attached hydrogen (secondary N) is 3. The van der Waals surface area contributed by atoms with Crippen molar-refractivity contribution in [2.75, 3.05) is 19.6 Å². The van der Waals surface area contributed by atoms with Gasteiger partial charge in [-0.2, -0.15) is 0 Å². The van der Waals surface area contributed by atoms with E-state index < -0.39 is 41.8 Å². The van der Waals surface area contributed by atoms with Crippen LogP contribution in [-0.4, -0.2) is 72.5 Å². The molecule has 3 amide bonds. The fraction of sp³-hybridized carbons (Fsp3) is 0.737. The van der Waals surface area contributed by atoms with Gasteiger partial charge < -0.3 is 44.0 Å². The van der Waals surface area contributed by atoms with Crippen LogP contribution in [0.2, 0.25) is 0 Å². The van der Waals surface area contributed by atoms with Crippen LogP contribution in [0.4, 0.5) is 0 Å². The van der Waals surface area contributed by atoms with Gasteiger partial charge in [-0.3, -0.25) is 19.4 Å². The summed E-state index contributed by atoms with van der Waals surface area (Å²) in [5, 5.41) is 16.7. The first-order chi connectivity index (χ1) is 15.0. The zero-order valence-corrected chi connectivity index (χ0v) is 18.8. The minimum atomic E-state index is -1.18. The molecule has 0 aliphatic heterocycles. The number of aliphatic carboxylic acids is 1. The van der Waals surface area contributed by atoms with Crippen molar-refractivity contribution < 1.29 is 24.3 Å². The summed E-state index contributed by atoms with van der Waals surface area (Å²) in [6.45, 7) is 3.80. The van der Waals surface area contributed by atoms with Crippen molar-refractivity contribution in [3.05, 3.63) is 0 Å². The van der Waals surface area contributed by atoms with E-state index in [0.717, 1.165) is 0 Å². The van der Waals surface area contributed by atoms with E-state index in [9.17, 15) is 24.3 Å². The second-order valence-electron chi connectivity index (χ2n) is 7.74. The largest absolute Gasteiger partial charge is 0.480 e. The Hall–Kier alpha value is -2.93. The lowest BCUT2D eigenvalue weighted by Gasteiger charge is -2.22. The molecule has 184 valence electrons. The lowest BCUT2D eigenvalue weighted by Crippen LogP contribution is -2.54. The van der Waals surface area contributed by atoms with Gasteiger partial charge in [-0.05, 0) is 44.6 Å². The van der Waals surface area contributed by atoms with Crippen molar-refractivity contribution in [3.8, 4) is 0 Å². The first-order valence-electron chi connectivity index (χ1n) is 10.6. The highest BCUT2D eigenvalue weighted by Gasteiger charge is 2.26. The number of carbonyl (C=O) groups excluding carboxylic acids is 3. The van der Waals surface area contributed by atoms with Crippen molar-refractivity contribution in [1.29, 1.82) is 0 Å². The fourth-order valence-corrected chi connectivity index (χ4v) is 2.63. The lowest BCUT2D eigenvalue weighted by molar-refractivity contribution is -0.142. The van der Waals surface area contributed by atoms with Crippen LogP contribution >= 0.6 is 0 Å². The van der Waals surface area contributed by atoms with Crippen molar-refractivity contribution in [3.63, 3.8) is 0 Å². The van der Waals surface area contributed by atoms with E-state index in [-0.39, 0.29) is 37.8 Å². The van der Waals surface area contributed by atoms with Crippen molar-refractivity contribution in [1.82, 2.24) is 16.0 Å². The molecule has 0 radical (unpaired) electrons. The summed E-state index contributed by atoms with van der Waals surface area (Å²) in [7, 11) is 0. The Morgan fingerprint density at radius 2 is 1.56 bits per heavy atom. The van der Waals surface area contributed by atoms with Crippen LogP contribution in [-0.2, 0) is 19.2 Å². The average Bonchev–Trinajstić information content (AvgIpc) is 2.72. The number of unbranched alkanes of at least 4 members (excludes halogenated alkanes) is 1. The molecule has 13 nitrogen and oxygen atoms in total. The minimum Gasteiger partial charge on any atom is -0.480 e. The zero-order valence-electron chi connectivity index (χ0n) is 18.8. The monoisotopic (exact) mass is 458 g/mol. The van der Waals surface area contributed by atoms with E-state index in [4.69, 9.17) is 22.9 Å². The maximum absolute atomic E-state index is 12.7. The molecule has 0 rings (SSSR count). The quantitative estimate of drug-likeness (QED) is 0.0681. The van der Waals surface area contributed by atoms with Gasteiger partial charge in [0.05, 0.1) is 12.6 Å². The Balaban J connectivity index is 5.05. The van der Waals surface area contributed by atoms with E-state index >= 15 is 0 Å². The number of amides is 3. The number of aliphatic imine (C=N–C) groups is 1. The molecular formula is C19H38N8O5. The first-order valence-corrected chi connectivity index (χ1v) is 10.6. The highest BCUT2D eigenvalue weighted by atomic mass is 16.4. The van der Waals surface area contributed by atoms with Crippen LogP contribution in [0.1, 0.15) is 46.0 Å². The molecule has 0 bridgehead atoms. The lowest BCUT2D eigenvalue weighted by atomic mass is 10.1. The molecule has 0 aliphatic carbocycles. The normalized spacial score (nSPS) is 13.5. The van der Waals surface area contributed by atoms with Gasteiger partial charge >= 0.3 is 5.97 Å². The number of guanidine groups is 1. The maximum Gasteiger partial charge on any atom is 0.326 e. The topological polar surface area (TPSA) is 241 Å². The van der Waals surface area contributed by atoms with Gasteiger partial charge in [0.1, 0.15) is 12.1 Å². The van der Waals surface area contributed by atoms with Crippen LogP contribution < -0.4 is 38.9 Å². The van der Waals surface area contributed by atoms with E-state index in [2.05, 4.69) is 20.9 Å². The van der Waals surface area contributed by atoms with Gasteiger partial charge in [0, 0.05) is 6.54 Å². The molecule has 0 fully saturated rings. The summed E-state index contributed by atoms with van der Waals surface area (Å²) in [6.07, 6.45) is 1.86. The van der Waals surface area contributed by atoms with Gasteiger partial charge in [0.25, 0.3) is 0 Å². The first kappa shape index (κ1) is 29.1. The highest BCUT2D eigenvalue weighted by Crippen LogP contribution is 2.04. The number of carboxylic acid groups (broad SMARTS) is 1. The second-order valence-corrected chi connectivity index (χ2v) is 7.74. The van der Waals surface area contributed by atoms with E-state index in [1.54, 1.807) is 13.8 Å². The van der Waals surface area contributed by atoms with Gasteiger partial charge in [-0.15, -0.1) is 0 Å². The van der Waals surface area contributed by atoms with Crippen LogP contribution in [0.25, 0.3) is 0 Å². The molecule has 0 spiro atoms. The summed E-state index contributed by atoms with van der Waals surface area (Å²) >= 11 is 0. The summed E-state index contributed by atoms with van der Waals surface area (Å²) in [6, 6.07) is -2.93. The molecule has 0 aromatic heterocycles. The minimum absolute atomic E-state index is 0.106. The van der Waals surface area contributed by atoms with Crippen molar-refractivity contribution >= 4 is 29.7 Å². The molecule has 12 N–H and O–H groups in total. The Labute approximate surface area is 188 Å². The summed E-state index contributed by atoms with van der Waals surface area (Å²) in [5.74, 6) is -3.17. The summed E-state index contributed by atoms with van der Waals surface area (Å²) in [4.78, 5) is 52.2. The third kappa shape index (κ3) is 12.7. The number of carboxylic acids is 1. The molecule has 0 aromatic rings. The molecular weight excluding hydrogens is 420 g/mol. The number of hydrogen-bond donors (Lipinski definition) is 8. The smallest absolute Gasteiger partial charge is 0.326 e. The van der Waals surface area contributed by atoms with Crippen LogP contribution in [0.5, 0.6) is 0 Å². The molecule has 0 heterocycles. The van der Waals surface area contributed by atoms with Gasteiger partial charge in [-0.25, -0.2) is 4.79 Å². The predicted octanol–water partition coefficient (Wildman–Crippen LogP) is -2.68. The molecule has 0 saturated heterocycles. The molecule has 32 heavy (non-hydrogen) atoms. The number of nitrogens with two attached hydrogens (primary N) is 4. The van der Waals surface area contributed by atoms with Crippen LogP contribution in [0.15, 0.2) is 4.99 Å². The summed E-state index contributed by atoms with van der Waals surface area (Å²) in [5.41, 5.74) is 21.7. The number of hydrogen-bond acceptors (Lipinski definition) is 7. The maximum atomic E-state index is 12.7.